The molecule has 0 aliphatic rings. The number of methoxy groups -OCH3 is 1. The van der Waals surface area contributed by atoms with Crippen molar-refractivity contribution in [2.75, 3.05) is 31.8 Å². The molecule has 2 N–H and O–H groups in total. The summed E-state index contributed by atoms with van der Waals surface area (Å²) in [7, 11) is 1.61. The van der Waals surface area contributed by atoms with Crippen LogP contribution in [-0.4, -0.2) is 48.1 Å². The fourth-order valence-electron chi connectivity index (χ4n) is 1.22. The average molecular weight is 258 g/mol. The molecule has 96 valence electrons. The monoisotopic (exact) mass is 258 g/mol. The first-order valence-electron chi connectivity index (χ1n) is 5.40. The smallest absolute Gasteiger partial charge is 0.161 e. The van der Waals surface area contributed by atoms with Gasteiger partial charge in [-0.25, -0.2) is 0 Å². The zero-order valence-electron chi connectivity index (χ0n) is 9.83. The molecule has 0 saturated heterocycles. The van der Waals surface area contributed by atoms with Crippen LogP contribution in [0.15, 0.2) is 24.3 Å². The number of aliphatic hydroxyl groups is 2. The molecule has 1 unspecified atom stereocenters. The van der Waals surface area contributed by atoms with E-state index in [4.69, 9.17) is 19.7 Å². The topological polar surface area (TPSA) is 58.9 Å². The van der Waals surface area contributed by atoms with Crippen molar-refractivity contribution in [1.29, 1.82) is 0 Å². The van der Waals surface area contributed by atoms with Crippen LogP contribution < -0.4 is 9.47 Å². The summed E-state index contributed by atoms with van der Waals surface area (Å²) in [6.45, 7) is 0.351. The van der Waals surface area contributed by atoms with Crippen molar-refractivity contribution >= 4 is 11.8 Å². The van der Waals surface area contributed by atoms with Crippen LogP contribution in [0.1, 0.15) is 0 Å². The quantitative estimate of drug-likeness (QED) is 0.685. The number of hydrogen-bond acceptors (Lipinski definition) is 5. The highest BCUT2D eigenvalue weighted by Gasteiger charge is 2.03. The standard InChI is InChI=1S/C12H18O4S/c1-15-11-4-2-3-5-12(11)16-6-7-17-9-10(14)8-13/h2-5,10,13-14H,6-9H2,1H3. The zero-order valence-corrected chi connectivity index (χ0v) is 10.7. The van der Waals surface area contributed by atoms with Crippen LogP contribution in [0.5, 0.6) is 11.5 Å². The summed E-state index contributed by atoms with van der Waals surface area (Å²) in [6, 6.07) is 7.47. The maximum atomic E-state index is 9.12. The second-order valence-corrected chi connectivity index (χ2v) is 4.56. The predicted molar refractivity (Wildman–Crippen MR) is 68.9 cm³/mol. The minimum Gasteiger partial charge on any atom is -0.493 e. The lowest BCUT2D eigenvalue weighted by Crippen LogP contribution is -2.15. The van der Waals surface area contributed by atoms with Crippen molar-refractivity contribution in [3.63, 3.8) is 0 Å². The Balaban J connectivity index is 2.22. The van der Waals surface area contributed by atoms with Crippen LogP contribution in [0.2, 0.25) is 0 Å². The van der Waals surface area contributed by atoms with Crippen LogP contribution in [0, 0.1) is 0 Å². The largest absolute Gasteiger partial charge is 0.493 e. The lowest BCUT2D eigenvalue weighted by Gasteiger charge is -2.10. The van der Waals surface area contributed by atoms with E-state index in [1.807, 2.05) is 24.3 Å². The van der Waals surface area contributed by atoms with Crippen molar-refractivity contribution in [3.8, 4) is 11.5 Å². The summed E-state index contributed by atoms with van der Waals surface area (Å²) in [5, 5.41) is 17.8. The Morgan fingerprint density at radius 3 is 2.65 bits per heavy atom. The van der Waals surface area contributed by atoms with Crippen LogP contribution in [0.3, 0.4) is 0 Å². The van der Waals surface area contributed by atoms with Crippen molar-refractivity contribution in [2.24, 2.45) is 0 Å². The summed E-state index contributed by atoms with van der Waals surface area (Å²) in [4.78, 5) is 0. The maximum Gasteiger partial charge on any atom is 0.161 e. The van der Waals surface area contributed by atoms with Gasteiger partial charge >= 0.3 is 0 Å². The molecule has 17 heavy (non-hydrogen) atoms. The van der Waals surface area contributed by atoms with Gasteiger partial charge in [-0.15, -0.1) is 0 Å². The Hall–Kier alpha value is -0.910. The number of hydrogen-bond donors (Lipinski definition) is 2. The molecule has 0 aliphatic carbocycles. The molecule has 1 aromatic carbocycles. The van der Waals surface area contributed by atoms with Crippen LogP contribution in [-0.2, 0) is 0 Å². The molecule has 0 radical (unpaired) electrons. The van der Waals surface area contributed by atoms with E-state index in [2.05, 4.69) is 0 Å². The molecule has 0 saturated carbocycles. The third-order valence-electron chi connectivity index (χ3n) is 2.08. The lowest BCUT2D eigenvalue weighted by molar-refractivity contribution is 0.113. The molecule has 0 amide bonds. The van der Waals surface area contributed by atoms with Crippen molar-refractivity contribution in [3.05, 3.63) is 24.3 Å². The highest BCUT2D eigenvalue weighted by molar-refractivity contribution is 7.99. The van der Waals surface area contributed by atoms with Crippen LogP contribution >= 0.6 is 11.8 Å². The van der Waals surface area contributed by atoms with Gasteiger partial charge in [-0.3, -0.25) is 0 Å². The Labute approximate surface area is 106 Å². The summed E-state index contributed by atoms with van der Waals surface area (Å²) in [5.41, 5.74) is 0. The van der Waals surface area contributed by atoms with Gasteiger partial charge in [-0.1, -0.05) is 12.1 Å². The van der Waals surface area contributed by atoms with Gasteiger partial charge in [0.2, 0.25) is 0 Å². The molecule has 1 rings (SSSR count). The van der Waals surface area contributed by atoms with Gasteiger partial charge in [0.25, 0.3) is 0 Å². The Bertz CT molecular complexity index is 319. The van der Waals surface area contributed by atoms with Gasteiger partial charge in [0.1, 0.15) is 0 Å². The molecule has 0 aliphatic heterocycles. The number of ether oxygens (including phenoxy) is 2. The van der Waals surface area contributed by atoms with Crippen molar-refractivity contribution < 1.29 is 19.7 Å². The molecule has 5 heteroatoms. The van der Waals surface area contributed by atoms with E-state index in [1.165, 1.54) is 0 Å². The summed E-state index contributed by atoms with van der Waals surface area (Å²) < 4.78 is 10.7. The van der Waals surface area contributed by atoms with E-state index in [1.54, 1.807) is 18.9 Å². The SMILES string of the molecule is COc1ccccc1OCCSCC(O)CO. The lowest BCUT2D eigenvalue weighted by atomic mass is 10.3. The normalized spacial score (nSPS) is 12.2. The molecule has 1 atom stereocenters. The van der Waals surface area contributed by atoms with Gasteiger partial charge in [0, 0.05) is 11.5 Å². The molecule has 0 aromatic heterocycles. The predicted octanol–water partition coefficient (Wildman–Crippen LogP) is 1.16. The van der Waals surface area contributed by atoms with E-state index in [0.717, 1.165) is 11.5 Å². The summed E-state index contributed by atoms with van der Waals surface area (Å²) >= 11 is 1.54. The molecular formula is C12H18O4S. The number of aliphatic hydroxyl groups excluding tert-OH is 2. The minimum absolute atomic E-state index is 0.194. The molecule has 0 bridgehead atoms. The third kappa shape index (κ3) is 5.30. The second kappa shape index (κ2) is 8.22. The molecule has 1 aromatic rings. The zero-order chi connectivity index (χ0) is 12.5. The first-order valence-corrected chi connectivity index (χ1v) is 6.56. The average Bonchev–Trinajstić information content (AvgIpc) is 2.38. The summed E-state index contributed by atoms with van der Waals surface area (Å²) in [5.74, 6) is 2.71. The Kier molecular flexibility index (Phi) is 6.84. The minimum atomic E-state index is -0.647. The molecule has 0 fully saturated rings. The fraction of sp³-hybridized carbons (Fsp3) is 0.500. The number of para-hydroxylation sites is 2. The highest BCUT2D eigenvalue weighted by Crippen LogP contribution is 2.25. The molecule has 0 spiro atoms. The molecule has 4 nitrogen and oxygen atoms in total. The van der Waals surface area contributed by atoms with Gasteiger partial charge < -0.3 is 19.7 Å². The van der Waals surface area contributed by atoms with Crippen LogP contribution in [0.25, 0.3) is 0 Å². The Morgan fingerprint density at radius 1 is 1.29 bits per heavy atom. The third-order valence-corrected chi connectivity index (χ3v) is 3.15. The van der Waals surface area contributed by atoms with Gasteiger partial charge in [0.05, 0.1) is 26.4 Å². The van der Waals surface area contributed by atoms with Gasteiger partial charge in [-0.05, 0) is 12.1 Å². The number of thioether (sulfide) groups is 1. The van der Waals surface area contributed by atoms with Crippen LogP contribution in [0.4, 0.5) is 0 Å². The van der Waals surface area contributed by atoms with E-state index >= 15 is 0 Å². The maximum absolute atomic E-state index is 9.12. The molecule has 0 heterocycles. The number of rotatable bonds is 8. The second-order valence-electron chi connectivity index (χ2n) is 3.41. The Morgan fingerprint density at radius 2 is 2.00 bits per heavy atom. The first-order chi connectivity index (χ1) is 8.27. The molecular weight excluding hydrogens is 240 g/mol. The number of benzene rings is 1. The van der Waals surface area contributed by atoms with E-state index in [9.17, 15) is 0 Å². The first kappa shape index (κ1) is 14.2. The van der Waals surface area contributed by atoms with Gasteiger partial charge in [0.15, 0.2) is 11.5 Å². The van der Waals surface area contributed by atoms with Gasteiger partial charge in [-0.2, -0.15) is 11.8 Å². The van der Waals surface area contributed by atoms with Crippen molar-refractivity contribution in [1.82, 2.24) is 0 Å². The highest BCUT2D eigenvalue weighted by atomic mass is 32.2. The van der Waals surface area contributed by atoms with E-state index < -0.39 is 6.10 Å². The fourth-order valence-corrected chi connectivity index (χ4v) is 1.97. The van der Waals surface area contributed by atoms with E-state index in [-0.39, 0.29) is 6.61 Å². The van der Waals surface area contributed by atoms with E-state index in [0.29, 0.717) is 18.1 Å². The van der Waals surface area contributed by atoms with Crippen molar-refractivity contribution in [2.45, 2.75) is 6.10 Å². The summed E-state index contributed by atoms with van der Waals surface area (Å²) in [6.07, 6.45) is -0.647.